The largest absolute Gasteiger partial charge is 0.481 e. The second-order valence-electron chi connectivity index (χ2n) is 6.31. The van der Waals surface area contributed by atoms with E-state index >= 15 is 0 Å². The zero-order valence-corrected chi connectivity index (χ0v) is 15.5. The van der Waals surface area contributed by atoms with Crippen molar-refractivity contribution in [3.63, 3.8) is 0 Å². The van der Waals surface area contributed by atoms with Crippen molar-refractivity contribution in [3.05, 3.63) is 36.4 Å². The van der Waals surface area contributed by atoms with E-state index in [1.165, 1.54) is 11.8 Å². The van der Waals surface area contributed by atoms with Crippen molar-refractivity contribution in [2.75, 3.05) is 11.7 Å². The van der Waals surface area contributed by atoms with Gasteiger partial charge in [-0.1, -0.05) is 49.9 Å². The molecular weight excluding hydrogens is 345 g/mol. The van der Waals surface area contributed by atoms with Gasteiger partial charge in [0.05, 0.1) is 22.0 Å². The van der Waals surface area contributed by atoms with Crippen LogP contribution in [0.2, 0.25) is 0 Å². The Morgan fingerprint density at radius 1 is 1.25 bits per heavy atom. The van der Waals surface area contributed by atoms with Crippen molar-refractivity contribution in [1.82, 2.24) is 4.98 Å². The Hall–Kier alpha value is -1.36. The van der Waals surface area contributed by atoms with Crippen molar-refractivity contribution in [1.29, 1.82) is 0 Å². The molecule has 0 fully saturated rings. The van der Waals surface area contributed by atoms with Gasteiger partial charge in [-0.2, -0.15) is 0 Å². The fraction of sp³-hybridized carbons (Fsp3) is 0.412. The third-order valence-corrected chi connectivity index (χ3v) is 7.26. The van der Waals surface area contributed by atoms with E-state index in [0.29, 0.717) is 11.4 Å². The Morgan fingerprint density at radius 2 is 1.96 bits per heavy atom. The van der Waals surface area contributed by atoms with Crippen LogP contribution in [-0.4, -0.2) is 32.6 Å². The lowest BCUT2D eigenvalue weighted by Crippen LogP contribution is -2.20. The van der Waals surface area contributed by atoms with Gasteiger partial charge in [-0.15, -0.1) is 0 Å². The number of rotatable bonds is 8. The van der Waals surface area contributed by atoms with E-state index in [0.717, 1.165) is 10.9 Å². The Balaban J connectivity index is 2.02. The molecule has 2 atom stereocenters. The lowest BCUT2D eigenvalue weighted by molar-refractivity contribution is -0.141. The highest BCUT2D eigenvalue weighted by Crippen LogP contribution is 2.48. The third kappa shape index (κ3) is 5.62. The SMILES string of the molecule is CC(C)CC(CP(=O)(O)CSc1ccc2ccccc2n1)C(=O)O. The number of nitrogens with zero attached hydrogens (tertiary/aromatic N) is 1. The average Bonchev–Trinajstić information content (AvgIpc) is 2.51. The van der Waals surface area contributed by atoms with Crippen molar-refractivity contribution < 1.29 is 19.4 Å². The minimum absolute atomic E-state index is 0.0276. The summed E-state index contributed by atoms with van der Waals surface area (Å²) in [7, 11) is -3.54. The summed E-state index contributed by atoms with van der Waals surface area (Å²) in [6.45, 7) is 3.82. The van der Waals surface area contributed by atoms with Crippen LogP contribution in [0.1, 0.15) is 20.3 Å². The number of hydrogen-bond acceptors (Lipinski definition) is 4. The topological polar surface area (TPSA) is 87.5 Å². The first kappa shape index (κ1) is 19.0. The van der Waals surface area contributed by atoms with Crippen molar-refractivity contribution in [2.24, 2.45) is 11.8 Å². The number of hydrogen-bond donors (Lipinski definition) is 2. The third-order valence-electron chi connectivity index (χ3n) is 3.60. The molecule has 1 aromatic heterocycles. The van der Waals surface area contributed by atoms with Crippen molar-refractivity contribution in [2.45, 2.75) is 25.3 Å². The first-order valence-electron chi connectivity index (χ1n) is 7.79. The van der Waals surface area contributed by atoms with Crippen LogP contribution in [0.4, 0.5) is 0 Å². The molecule has 2 unspecified atom stereocenters. The number of carboxylic acids is 1. The second kappa shape index (κ2) is 8.15. The number of carboxylic acid groups (broad SMARTS) is 1. The van der Waals surface area contributed by atoms with Gasteiger partial charge in [0.2, 0.25) is 7.37 Å². The molecule has 0 spiro atoms. The minimum Gasteiger partial charge on any atom is -0.481 e. The van der Waals surface area contributed by atoms with Gasteiger partial charge in [0.25, 0.3) is 0 Å². The predicted octanol–water partition coefficient (Wildman–Crippen LogP) is 4.30. The fourth-order valence-corrected chi connectivity index (χ4v) is 5.59. The summed E-state index contributed by atoms with van der Waals surface area (Å²) < 4.78 is 12.4. The van der Waals surface area contributed by atoms with Gasteiger partial charge >= 0.3 is 5.97 Å². The highest BCUT2D eigenvalue weighted by Gasteiger charge is 2.29. The van der Waals surface area contributed by atoms with E-state index in [9.17, 15) is 19.4 Å². The van der Waals surface area contributed by atoms with Crippen molar-refractivity contribution >= 4 is 36.0 Å². The molecule has 0 aliphatic carbocycles. The van der Waals surface area contributed by atoms with Gasteiger partial charge in [-0.05, 0) is 24.5 Å². The first-order valence-corrected chi connectivity index (χ1v) is 10.8. The predicted molar refractivity (Wildman–Crippen MR) is 97.7 cm³/mol. The lowest BCUT2D eigenvalue weighted by Gasteiger charge is -2.18. The molecule has 1 heterocycles. The molecule has 0 aliphatic rings. The van der Waals surface area contributed by atoms with E-state index < -0.39 is 19.3 Å². The molecule has 0 amide bonds. The molecule has 24 heavy (non-hydrogen) atoms. The number of pyridine rings is 1. The standard InChI is InChI=1S/C17H22NO4PS/c1-12(2)9-14(17(19)20)10-23(21,22)11-24-16-8-7-13-5-3-4-6-15(13)18-16/h3-8,12,14H,9-11H2,1-2H3,(H,19,20)(H,21,22). The molecule has 0 radical (unpaired) electrons. The maximum absolute atomic E-state index is 12.4. The minimum atomic E-state index is -3.54. The molecule has 0 bridgehead atoms. The van der Waals surface area contributed by atoms with Gasteiger partial charge in [0.1, 0.15) is 0 Å². The van der Waals surface area contributed by atoms with Crippen LogP contribution >= 0.6 is 19.1 Å². The number of thioether (sulfide) groups is 1. The van der Waals surface area contributed by atoms with E-state index in [-0.39, 0.29) is 17.6 Å². The molecule has 0 aliphatic heterocycles. The van der Waals surface area contributed by atoms with Crippen molar-refractivity contribution in [3.8, 4) is 0 Å². The van der Waals surface area contributed by atoms with Crippen LogP contribution in [0.3, 0.4) is 0 Å². The maximum atomic E-state index is 12.4. The number of aromatic nitrogens is 1. The second-order valence-corrected chi connectivity index (χ2v) is 10.1. The maximum Gasteiger partial charge on any atom is 0.307 e. The average molecular weight is 367 g/mol. The summed E-state index contributed by atoms with van der Waals surface area (Å²) in [4.78, 5) is 25.9. The Labute approximate surface area is 146 Å². The van der Waals surface area contributed by atoms with E-state index in [2.05, 4.69) is 4.98 Å². The molecule has 2 rings (SSSR count). The van der Waals surface area contributed by atoms with Gasteiger partial charge in [-0.3, -0.25) is 9.36 Å². The molecule has 2 aromatic rings. The van der Waals surface area contributed by atoms with Crippen LogP contribution in [0.15, 0.2) is 41.4 Å². The van der Waals surface area contributed by atoms with E-state index in [4.69, 9.17) is 0 Å². The summed E-state index contributed by atoms with van der Waals surface area (Å²) in [5.74, 6) is -1.63. The molecule has 5 nitrogen and oxygen atoms in total. The first-order chi connectivity index (χ1) is 11.3. The van der Waals surface area contributed by atoms with Gasteiger partial charge in [0, 0.05) is 11.5 Å². The van der Waals surface area contributed by atoms with Crippen LogP contribution in [-0.2, 0) is 9.36 Å². The highest BCUT2D eigenvalue weighted by molar-refractivity contribution is 8.04. The zero-order chi connectivity index (χ0) is 17.7. The van der Waals surface area contributed by atoms with Crippen LogP contribution in [0, 0.1) is 11.8 Å². The van der Waals surface area contributed by atoms with Crippen LogP contribution in [0.25, 0.3) is 10.9 Å². The van der Waals surface area contributed by atoms with Gasteiger partial charge in [-0.25, -0.2) is 4.98 Å². The number of para-hydroxylation sites is 1. The summed E-state index contributed by atoms with van der Waals surface area (Å²) >= 11 is 1.20. The highest BCUT2D eigenvalue weighted by atomic mass is 32.2. The van der Waals surface area contributed by atoms with E-state index in [1.807, 2.05) is 50.2 Å². The number of fused-ring (bicyclic) bond motifs is 1. The summed E-state index contributed by atoms with van der Waals surface area (Å²) in [5.41, 5.74) is 0.804. The van der Waals surface area contributed by atoms with Gasteiger partial charge < -0.3 is 10.00 Å². The normalized spacial score (nSPS) is 15.3. The summed E-state index contributed by atoms with van der Waals surface area (Å²) in [5, 5.41) is 10.9. The number of aliphatic carboxylic acids is 1. The zero-order valence-electron chi connectivity index (χ0n) is 13.8. The molecule has 0 saturated carbocycles. The molecule has 1 aromatic carbocycles. The van der Waals surface area contributed by atoms with Gasteiger partial charge in [0.15, 0.2) is 0 Å². The molecule has 0 saturated heterocycles. The molecular formula is C17H22NO4PS. The Kier molecular flexibility index (Phi) is 6.44. The van der Waals surface area contributed by atoms with Crippen LogP contribution in [0.5, 0.6) is 0 Å². The van der Waals surface area contributed by atoms with E-state index in [1.54, 1.807) is 0 Å². The fourth-order valence-electron chi connectivity index (χ4n) is 2.51. The van der Waals surface area contributed by atoms with Crippen LogP contribution < -0.4 is 0 Å². The quantitative estimate of drug-likeness (QED) is 0.534. The molecule has 7 heteroatoms. The summed E-state index contributed by atoms with van der Waals surface area (Å²) in [6, 6.07) is 11.4. The lowest BCUT2D eigenvalue weighted by atomic mass is 9.99. The Bertz CT molecular complexity index is 765. The smallest absolute Gasteiger partial charge is 0.307 e. The Morgan fingerprint density at radius 3 is 2.62 bits per heavy atom. The number of carbonyl (C=O) groups is 1. The molecule has 2 N–H and O–H groups in total. The molecule has 130 valence electrons. The number of benzene rings is 1. The summed E-state index contributed by atoms with van der Waals surface area (Å²) in [6.07, 6.45) is 0.208. The monoisotopic (exact) mass is 367 g/mol.